The minimum atomic E-state index is -0.404. The molecule has 1 aromatic heterocycles. The van der Waals surface area contributed by atoms with Crippen molar-refractivity contribution in [1.82, 2.24) is 30.4 Å². The van der Waals surface area contributed by atoms with E-state index in [1.54, 1.807) is 11.8 Å². The number of rotatable bonds is 7. The lowest BCUT2D eigenvalue weighted by Gasteiger charge is -2.34. The fourth-order valence-electron chi connectivity index (χ4n) is 2.65. The van der Waals surface area contributed by atoms with Crippen molar-refractivity contribution in [2.45, 2.75) is 58.6 Å². The minimum absolute atomic E-state index is 0.0948. The number of hydrogen-bond donors (Lipinski definition) is 1. The van der Waals surface area contributed by atoms with Crippen molar-refractivity contribution in [3.8, 4) is 0 Å². The van der Waals surface area contributed by atoms with Crippen LogP contribution in [0.15, 0.2) is 0 Å². The molecule has 9 heteroatoms. The summed E-state index contributed by atoms with van der Waals surface area (Å²) in [5.74, 6) is 0.537. The predicted octanol–water partition coefficient (Wildman–Crippen LogP) is -0.176. The molecule has 136 valence electrons. The van der Waals surface area contributed by atoms with Crippen molar-refractivity contribution >= 4 is 5.91 Å². The molecule has 0 radical (unpaired) electrons. The van der Waals surface area contributed by atoms with Gasteiger partial charge in [-0.1, -0.05) is 0 Å². The molecule has 0 bridgehead atoms. The monoisotopic (exact) mass is 340 g/mol. The first-order valence-corrected chi connectivity index (χ1v) is 8.24. The number of nitrogens with one attached hydrogen (secondary N) is 1. The zero-order chi connectivity index (χ0) is 17.7. The van der Waals surface area contributed by atoms with Gasteiger partial charge in [-0.3, -0.25) is 9.69 Å². The Balaban J connectivity index is 1.89. The van der Waals surface area contributed by atoms with Crippen molar-refractivity contribution < 1.29 is 14.3 Å². The van der Waals surface area contributed by atoms with Crippen LogP contribution < -0.4 is 5.32 Å². The van der Waals surface area contributed by atoms with Crippen molar-refractivity contribution in [2.24, 2.45) is 0 Å². The molecule has 0 unspecified atom stereocenters. The molecule has 2 rings (SSSR count). The first kappa shape index (κ1) is 18.8. The van der Waals surface area contributed by atoms with Crippen LogP contribution in [0.5, 0.6) is 0 Å². The summed E-state index contributed by atoms with van der Waals surface area (Å²) in [6.07, 6.45) is 0.357. The first-order valence-electron chi connectivity index (χ1n) is 8.24. The Morgan fingerprint density at radius 3 is 2.67 bits per heavy atom. The number of carbonyl (C=O) groups excluding carboxylic acids is 1. The maximum absolute atomic E-state index is 12.1. The Labute approximate surface area is 142 Å². The lowest BCUT2D eigenvalue weighted by Crippen LogP contribution is -2.45. The highest BCUT2D eigenvalue weighted by atomic mass is 16.5. The molecule has 2 atom stereocenters. The van der Waals surface area contributed by atoms with E-state index in [-0.39, 0.29) is 24.7 Å². The highest BCUT2D eigenvalue weighted by molar-refractivity contribution is 5.75. The number of morpholine rings is 1. The third kappa shape index (κ3) is 5.50. The lowest BCUT2D eigenvalue weighted by molar-refractivity contribution is -0.123. The van der Waals surface area contributed by atoms with E-state index in [0.717, 1.165) is 13.1 Å². The summed E-state index contributed by atoms with van der Waals surface area (Å²) in [5.41, 5.74) is -0.404. The minimum Gasteiger partial charge on any atom is -0.377 e. The Hall–Kier alpha value is -1.58. The van der Waals surface area contributed by atoms with Gasteiger partial charge in [0.1, 0.15) is 6.54 Å². The van der Waals surface area contributed by atoms with Gasteiger partial charge in [-0.05, 0) is 38.1 Å². The van der Waals surface area contributed by atoms with Crippen LogP contribution in [0.2, 0.25) is 0 Å². The molecule has 1 N–H and O–H groups in total. The molecule has 24 heavy (non-hydrogen) atoms. The molecule has 1 aromatic rings. The summed E-state index contributed by atoms with van der Waals surface area (Å²) < 4.78 is 12.6. The normalized spacial score (nSPS) is 22.5. The number of ether oxygens (including phenoxy) is 2. The molecule has 0 spiro atoms. The smallest absolute Gasteiger partial charge is 0.241 e. The van der Waals surface area contributed by atoms with Crippen LogP contribution >= 0.6 is 0 Å². The van der Waals surface area contributed by atoms with Crippen molar-refractivity contribution in [1.29, 1.82) is 0 Å². The van der Waals surface area contributed by atoms with Gasteiger partial charge in [0.2, 0.25) is 5.91 Å². The van der Waals surface area contributed by atoms with Crippen molar-refractivity contribution in [3.05, 3.63) is 5.82 Å². The van der Waals surface area contributed by atoms with Gasteiger partial charge in [-0.15, -0.1) is 5.10 Å². The molecule has 1 saturated heterocycles. The quantitative estimate of drug-likeness (QED) is 0.736. The van der Waals surface area contributed by atoms with Gasteiger partial charge in [-0.25, -0.2) is 4.68 Å². The Bertz CT molecular complexity index is 537. The van der Waals surface area contributed by atoms with Crippen molar-refractivity contribution in [2.75, 3.05) is 26.7 Å². The molecule has 0 aliphatic carbocycles. The van der Waals surface area contributed by atoms with Gasteiger partial charge in [0.25, 0.3) is 0 Å². The Kier molecular flexibility index (Phi) is 6.25. The number of hydrogen-bond acceptors (Lipinski definition) is 7. The molecule has 0 saturated carbocycles. The van der Waals surface area contributed by atoms with Gasteiger partial charge in [0.15, 0.2) is 5.82 Å². The predicted molar refractivity (Wildman–Crippen MR) is 87.2 cm³/mol. The summed E-state index contributed by atoms with van der Waals surface area (Å²) in [6.45, 7) is 10.7. The van der Waals surface area contributed by atoms with Crippen LogP contribution in [0.1, 0.15) is 33.5 Å². The first-order chi connectivity index (χ1) is 11.3. The van der Waals surface area contributed by atoms with E-state index in [9.17, 15) is 4.79 Å². The zero-order valence-corrected chi connectivity index (χ0v) is 15.2. The fraction of sp³-hybridized carbons (Fsp3) is 0.867. The lowest BCUT2D eigenvalue weighted by atomic mass is 10.1. The van der Waals surface area contributed by atoms with Gasteiger partial charge in [0, 0.05) is 26.7 Å². The molecule has 0 aromatic carbocycles. The fourth-order valence-corrected chi connectivity index (χ4v) is 2.65. The summed E-state index contributed by atoms with van der Waals surface area (Å²) in [7, 11) is 1.62. The third-order valence-corrected chi connectivity index (χ3v) is 4.02. The van der Waals surface area contributed by atoms with E-state index >= 15 is 0 Å². The Morgan fingerprint density at radius 2 is 2.04 bits per heavy atom. The summed E-state index contributed by atoms with van der Waals surface area (Å²) in [4.78, 5) is 14.3. The van der Waals surface area contributed by atoms with E-state index < -0.39 is 5.60 Å². The highest BCUT2D eigenvalue weighted by Gasteiger charge is 2.24. The number of carbonyl (C=O) groups is 1. The van der Waals surface area contributed by atoms with Crippen molar-refractivity contribution in [3.63, 3.8) is 0 Å². The van der Waals surface area contributed by atoms with E-state index in [0.29, 0.717) is 18.9 Å². The highest BCUT2D eigenvalue weighted by Crippen LogP contribution is 2.13. The topological polar surface area (TPSA) is 94.4 Å². The number of aromatic nitrogens is 4. The van der Waals surface area contributed by atoms with Gasteiger partial charge in [-0.2, -0.15) is 0 Å². The summed E-state index contributed by atoms with van der Waals surface area (Å²) >= 11 is 0. The maximum Gasteiger partial charge on any atom is 0.241 e. The number of nitrogens with zero attached hydrogens (tertiary/aromatic N) is 5. The van der Waals surface area contributed by atoms with Crippen LogP contribution in [0.25, 0.3) is 0 Å². The van der Waals surface area contributed by atoms with E-state index in [1.165, 1.54) is 0 Å². The van der Waals surface area contributed by atoms with Crippen LogP contribution in [0.3, 0.4) is 0 Å². The second kappa shape index (κ2) is 8.00. The number of tetrazole rings is 1. The van der Waals surface area contributed by atoms with E-state index in [2.05, 4.69) is 39.6 Å². The zero-order valence-electron chi connectivity index (χ0n) is 15.2. The van der Waals surface area contributed by atoms with Crippen LogP contribution in [0.4, 0.5) is 0 Å². The van der Waals surface area contributed by atoms with Gasteiger partial charge in [0.05, 0.1) is 24.4 Å². The average molecular weight is 340 g/mol. The molecule has 2 heterocycles. The second-order valence-electron chi connectivity index (χ2n) is 6.94. The molecule has 1 amide bonds. The van der Waals surface area contributed by atoms with Gasteiger partial charge < -0.3 is 14.8 Å². The number of methoxy groups -OCH3 is 1. The van der Waals surface area contributed by atoms with Crippen LogP contribution in [-0.2, 0) is 27.4 Å². The molecule has 1 aliphatic heterocycles. The van der Waals surface area contributed by atoms with Gasteiger partial charge >= 0.3 is 0 Å². The molecule has 1 aliphatic rings. The largest absolute Gasteiger partial charge is 0.377 e. The van der Waals surface area contributed by atoms with E-state index in [4.69, 9.17) is 9.47 Å². The van der Waals surface area contributed by atoms with Crippen LogP contribution in [0, 0.1) is 0 Å². The molecule has 1 fully saturated rings. The summed E-state index contributed by atoms with van der Waals surface area (Å²) in [5, 5.41) is 14.5. The Morgan fingerprint density at radius 1 is 1.38 bits per heavy atom. The van der Waals surface area contributed by atoms with E-state index in [1.807, 2.05) is 13.8 Å². The van der Waals surface area contributed by atoms with Crippen LogP contribution in [-0.4, -0.2) is 75.6 Å². The molecular formula is C15H28N6O3. The molecule has 9 nitrogen and oxygen atoms in total. The maximum atomic E-state index is 12.1. The second-order valence-corrected chi connectivity index (χ2v) is 6.94. The SMILES string of the molecule is COC(C)(C)CNC(=O)Cn1nnnc1CN1C[C@@H](C)O[C@@H](C)C1. The third-order valence-electron chi connectivity index (χ3n) is 4.02. The molecular weight excluding hydrogens is 312 g/mol. The summed E-state index contributed by atoms with van der Waals surface area (Å²) in [6, 6.07) is 0. The number of amides is 1. The average Bonchev–Trinajstić information content (AvgIpc) is 2.91. The standard InChI is InChI=1S/C15H28N6O3/c1-11-6-20(7-12(2)24-11)8-13-17-18-19-21(13)9-14(22)16-10-15(3,4)23-5/h11-12H,6-10H2,1-5H3,(H,16,22)/t11-,12+.